The van der Waals surface area contributed by atoms with Crippen LogP contribution >= 0.6 is 0 Å². The maximum Gasteiger partial charge on any atom is 0.340 e. The van der Waals surface area contributed by atoms with Gasteiger partial charge in [0.1, 0.15) is 0 Å². The monoisotopic (exact) mass is 301 g/mol. The van der Waals surface area contributed by atoms with E-state index in [0.717, 1.165) is 0 Å². The Morgan fingerprint density at radius 1 is 1.30 bits per heavy atom. The highest BCUT2D eigenvalue weighted by Crippen LogP contribution is 2.20. The fourth-order valence-corrected chi connectivity index (χ4v) is 2.68. The number of hydrogen-bond donors (Lipinski definition) is 1. The van der Waals surface area contributed by atoms with Gasteiger partial charge in [0.05, 0.1) is 29.4 Å². The summed E-state index contributed by atoms with van der Waals surface area (Å²) in [4.78, 5) is 11.8. The standard InChI is InChI=1S/C13H19NO5S/c1-3-6-19-13(15)11-9-10(4-5-12(11)14)20(16,17)8-7-18-2/h4-5,9H,3,6-8,14H2,1-2H3. The maximum absolute atomic E-state index is 12.0. The van der Waals surface area contributed by atoms with Crippen LogP contribution in [0.5, 0.6) is 0 Å². The second-order valence-electron chi connectivity index (χ2n) is 4.20. The highest BCUT2D eigenvalue weighted by atomic mass is 32.2. The van der Waals surface area contributed by atoms with Crippen molar-refractivity contribution in [2.45, 2.75) is 18.2 Å². The number of ether oxygens (including phenoxy) is 2. The van der Waals surface area contributed by atoms with Crippen molar-refractivity contribution in [1.82, 2.24) is 0 Å². The minimum Gasteiger partial charge on any atom is -0.462 e. The number of carbonyl (C=O) groups is 1. The molecule has 1 rings (SSSR count). The molecule has 0 unspecified atom stereocenters. The number of anilines is 1. The molecule has 0 bridgehead atoms. The Labute approximate surface area is 118 Å². The predicted octanol–water partition coefficient (Wildman–Crippen LogP) is 1.26. The Bertz CT molecular complexity index is 568. The van der Waals surface area contributed by atoms with E-state index in [-0.39, 0.29) is 35.1 Å². The van der Waals surface area contributed by atoms with Gasteiger partial charge in [-0.1, -0.05) is 6.92 Å². The molecule has 0 saturated carbocycles. The number of nitrogens with two attached hydrogens (primary N) is 1. The van der Waals surface area contributed by atoms with Crippen molar-refractivity contribution < 1.29 is 22.7 Å². The van der Waals surface area contributed by atoms with E-state index in [1.807, 2.05) is 6.92 Å². The molecule has 0 amide bonds. The fourth-order valence-electron chi connectivity index (χ4n) is 1.49. The number of esters is 1. The Morgan fingerprint density at radius 2 is 2.00 bits per heavy atom. The van der Waals surface area contributed by atoms with Crippen LogP contribution < -0.4 is 5.73 Å². The third-order valence-electron chi connectivity index (χ3n) is 2.60. The molecule has 0 fully saturated rings. The van der Waals surface area contributed by atoms with Crippen LogP contribution in [0.1, 0.15) is 23.7 Å². The molecule has 6 nitrogen and oxygen atoms in total. The molecule has 7 heteroatoms. The average Bonchev–Trinajstić information content (AvgIpc) is 2.42. The van der Waals surface area contributed by atoms with E-state index in [2.05, 4.69) is 0 Å². The first kappa shape index (κ1) is 16.5. The van der Waals surface area contributed by atoms with E-state index in [9.17, 15) is 13.2 Å². The van der Waals surface area contributed by atoms with Gasteiger partial charge < -0.3 is 15.2 Å². The van der Waals surface area contributed by atoms with Crippen LogP contribution in [0.15, 0.2) is 23.1 Å². The number of rotatable bonds is 7. The van der Waals surface area contributed by atoms with Crippen molar-refractivity contribution >= 4 is 21.5 Å². The van der Waals surface area contributed by atoms with Crippen molar-refractivity contribution in [3.05, 3.63) is 23.8 Å². The van der Waals surface area contributed by atoms with Crippen molar-refractivity contribution in [2.24, 2.45) is 0 Å². The summed E-state index contributed by atoms with van der Waals surface area (Å²) < 4.78 is 33.8. The van der Waals surface area contributed by atoms with E-state index >= 15 is 0 Å². The third kappa shape index (κ3) is 4.21. The zero-order chi connectivity index (χ0) is 15.2. The van der Waals surface area contributed by atoms with Gasteiger partial charge in [-0.15, -0.1) is 0 Å². The van der Waals surface area contributed by atoms with Crippen molar-refractivity contribution in [2.75, 3.05) is 31.8 Å². The van der Waals surface area contributed by atoms with Gasteiger partial charge in [0.15, 0.2) is 9.84 Å². The van der Waals surface area contributed by atoms with Crippen LogP contribution in [0.3, 0.4) is 0 Å². The first-order valence-electron chi connectivity index (χ1n) is 6.20. The van der Waals surface area contributed by atoms with Crippen LogP contribution in [0.2, 0.25) is 0 Å². The molecule has 1 aromatic carbocycles. The molecule has 0 aromatic heterocycles. The largest absolute Gasteiger partial charge is 0.462 e. The lowest BCUT2D eigenvalue weighted by molar-refractivity contribution is 0.0506. The molecule has 0 atom stereocenters. The van der Waals surface area contributed by atoms with Crippen LogP contribution in [-0.2, 0) is 19.3 Å². The predicted molar refractivity (Wildman–Crippen MR) is 75.4 cm³/mol. The molecule has 0 aliphatic carbocycles. The van der Waals surface area contributed by atoms with Crippen molar-refractivity contribution in [1.29, 1.82) is 0 Å². The summed E-state index contributed by atoms with van der Waals surface area (Å²) in [7, 11) is -2.08. The molecule has 0 saturated heterocycles. The van der Waals surface area contributed by atoms with Gasteiger partial charge >= 0.3 is 5.97 Å². The summed E-state index contributed by atoms with van der Waals surface area (Å²) in [6, 6.07) is 4.01. The lowest BCUT2D eigenvalue weighted by Gasteiger charge is -2.09. The summed E-state index contributed by atoms with van der Waals surface area (Å²) in [6.07, 6.45) is 0.678. The normalized spacial score (nSPS) is 11.3. The molecule has 112 valence electrons. The molecular formula is C13H19NO5S. The molecule has 1 aromatic rings. The van der Waals surface area contributed by atoms with Crippen LogP contribution in [-0.4, -0.2) is 40.5 Å². The summed E-state index contributed by atoms with van der Waals surface area (Å²) in [5.74, 6) is -0.773. The third-order valence-corrected chi connectivity index (χ3v) is 4.27. The smallest absolute Gasteiger partial charge is 0.340 e. The molecule has 0 heterocycles. The summed E-state index contributed by atoms with van der Waals surface area (Å²) in [5.41, 5.74) is 5.94. The van der Waals surface area contributed by atoms with E-state index in [4.69, 9.17) is 15.2 Å². The number of hydrogen-bond acceptors (Lipinski definition) is 6. The summed E-state index contributed by atoms with van der Waals surface area (Å²) in [5, 5.41) is 0. The Hall–Kier alpha value is -1.60. The highest BCUT2D eigenvalue weighted by Gasteiger charge is 2.19. The average molecular weight is 301 g/mol. The quantitative estimate of drug-likeness (QED) is 0.601. The zero-order valence-corrected chi connectivity index (χ0v) is 12.4. The lowest BCUT2D eigenvalue weighted by Crippen LogP contribution is -2.14. The Balaban J connectivity index is 3.05. The minimum absolute atomic E-state index is 0.0344. The van der Waals surface area contributed by atoms with Gasteiger partial charge in [-0.2, -0.15) is 0 Å². The Kier molecular flexibility index (Phi) is 5.97. The maximum atomic E-state index is 12.0. The second-order valence-corrected chi connectivity index (χ2v) is 6.31. The van der Waals surface area contributed by atoms with E-state index < -0.39 is 15.8 Å². The number of sulfone groups is 1. The number of benzene rings is 1. The summed E-state index contributed by atoms with van der Waals surface area (Å²) in [6.45, 7) is 2.21. The highest BCUT2D eigenvalue weighted by molar-refractivity contribution is 7.91. The van der Waals surface area contributed by atoms with Crippen LogP contribution in [0.4, 0.5) is 5.69 Å². The lowest BCUT2D eigenvalue weighted by atomic mass is 10.2. The Morgan fingerprint density at radius 3 is 2.60 bits per heavy atom. The van der Waals surface area contributed by atoms with Gasteiger partial charge in [0.2, 0.25) is 0 Å². The van der Waals surface area contributed by atoms with E-state index in [1.54, 1.807) is 0 Å². The first-order valence-corrected chi connectivity index (χ1v) is 7.86. The van der Waals surface area contributed by atoms with Gasteiger partial charge in [-0.05, 0) is 24.6 Å². The molecule has 20 heavy (non-hydrogen) atoms. The molecule has 0 aliphatic heterocycles. The SMILES string of the molecule is CCCOC(=O)c1cc(S(=O)(=O)CCOC)ccc1N. The number of carbonyl (C=O) groups excluding carboxylic acids is 1. The number of methoxy groups -OCH3 is 1. The summed E-state index contributed by atoms with van der Waals surface area (Å²) >= 11 is 0. The zero-order valence-electron chi connectivity index (χ0n) is 11.6. The molecule has 0 radical (unpaired) electrons. The second kappa shape index (κ2) is 7.25. The van der Waals surface area contributed by atoms with Gasteiger partial charge in [0.25, 0.3) is 0 Å². The minimum atomic E-state index is -3.50. The van der Waals surface area contributed by atoms with Crippen LogP contribution in [0.25, 0.3) is 0 Å². The van der Waals surface area contributed by atoms with Gasteiger partial charge in [0, 0.05) is 12.8 Å². The van der Waals surface area contributed by atoms with Gasteiger partial charge in [-0.25, -0.2) is 13.2 Å². The van der Waals surface area contributed by atoms with Crippen molar-refractivity contribution in [3.8, 4) is 0 Å². The van der Waals surface area contributed by atoms with E-state index in [0.29, 0.717) is 6.42 Å². The molecule has 0 aliphatic rings. The van der Waals surface area contributed by atoms with Gasteiger partial charge in [-0.3, -0.25) is 0 Å². The fraction of sp³-hybridized carbons (Fsp3) is 0.462. The molecule has 0 spiro atoms. The molecular weight excluding hydrogens is 282 g/mol. The topological polar surface area (TPSA) is 95.7 Å². The number of nitrogen functional groups attached to an aromatic ring is 1. The van der Waals surface area contributed by atoms with Crippen molar-refractivity contribution in [3.63, 3.8) is 0 Å². The first-order chi connectivity index (χ1) is 9.42. The van der Waals surface area contributed by atoms with E-state index in [1.165, 1.54) is 25.3 Å². The molecule has 2 N–H and O–H groups in total. The van der Waals surface area contributed by atoms with Crippen LogP contribution in [0, 0.1) is 0 Å².